The molecule has 3 heterocycles. The molecule has 0 bridgehead atoms. The van der Waals surface area contributed by atoms with Gasteiger partial charge >= 0.3 is 0 Å². The van der Waals surface area contributed by atoms with Gasteiger partial charge in [0.1, 0.15) is 6.10 Å². The van der Waals surface area contributed by atoms with Gasteiger partial charge in [0.05, 0.1) is 23.3 Å². The summed E-state index contributed by atoms with van der Waals surface area (Å²) in [5.41, 5.74) is 3.27. The lowest BCUT2D eigenvalue weighted by molar-refractivity contribution is -0.124. The molecule has 122 valence electrons. The summed E-state index contributed by atoms with van der Waals surface area (Å²) in [6, 6.07) is 11.8. The van der Waals surface area contributed by atoms with Crippen LogP contribution in [-0.2, 0) is 9.53 Å². The average Bonchev–Trinajstić information content (AvgIpc) is 3.25. The van der Waals surface area contributed by atoms with Crippen LogP contribution in [-0.4, -0.2) is 33.4 Å². The van der Waals surface area contributed by atoms with Gasteiger partial charge in [0.2, 0.25) is 0 Å². The Morgan fingerprint density at radius 3 is 2.92 bits per heavy atom. The predicted molar refractivity (Wildman–Crippen MR) is 91.2 cm³/mol. The van der Waals surface area contributed by atoms with E-state index in [1.165, 1.54) is 0 Å². The molecule has 4 rings (SSSR count). The Bertz CT molecular complexity index is 883. The Morgan fingerprint density at radius 2 is 2.17 bits per heavy atom. The van der Waals surface area contributed by atoms with Gasteiger partial charge in [0.25, 0.3) is 5.91 Å². The van der Waals surface area contributed by atoms with Crippen molar-refractivity contribution in [2.24, 2.45) is 0 Å². The van der Waals surface area contributed by atoms with Crippen molar-refractivity contribution in [3.05, 3.63) is 48.3 Å². The smallest absolute Gasteiger partial charge is 0.253 e. The maximum absolute atomic E-state index is 12.2. The number of ether oxygens (including phenoxy) is 1. The molecular formula is C18H18N4O2. The number of carbonyl (C=O) groups excluding carboxylic acids is 1. The zero-order chi connectivity index (χ0) is 16.5. The molecule has 0 radical (unpaired) electrons. The molecule has 2 aromatic heterocycles. The van der Waals surface area contributed by atoms with Crippen molar-refractivity contribution in [3.8, 4) is 5.69 Å². The minimum absolute atomic E-state index is 0.109. The van der Waals surface area contributed by atoms with E-state index in [1.54, 1.807) is 6.20 Å². The van der Waals surface area contributed by atoms with Crippen LogP contribution in [0.25, 0.3) is 16.7 Å². The number of benzene rings is 1. The van der Waals surface area contributed by atoms with Crippen LogP contribution in [0.5, 0.6) is 0 Å². The molecule has 0 saturated carbocycles. The van der Waals surface area contributed by atoms with Gasteiger partial charge in [-0.15, -0.1) is 0 Å². The molecule has 1 atom stereocenters. The highest BCUT2D eigenvalue weighted by atomic mass is 16.5. The average molecular weight is 322 g/mol. The third-order valence-electron chi connectivity index (χ3n) is 4.20. The summed E-state index contributed by atoms with van der Waals surface area (Å²) in [6.07, 6.45) is 3.01. The van der Waals surface area contributed by atoms with Gasteiger partial charge in [0, 0.05) is 12.0 Å². The largest absolute Gasteiger partial charge is 0.368 e. The molecule has 0 aliphatic carbocycles. The second-order valence-electron chi connectivity index (χ2n) is 5.92. The van der Waals surface area contributed by atoms with Crippen molar-refractivity contribution in [1.29, 1.82) is 0 Å². The molecule has 6 nitrogen and oxygen atoms in total. The number of fused-ring (bicyclic) bond motifs is 1. The summed E-state index contributed by atoms with van der Waals surface area (Å²) >= 11 is 0. The number of pyridine rings is 1. The van der Waals surface area contributed by atoms with Crippen LogP contribution in [0.15, 0.2) is 42.6 Å². The van der Waals surface area contributed by atoms with Crippen LogP contribution in [0, 0.1) is 6.92 Å². The lowest BCUT2D eigenvalue weighted by Gasteiger charge is -2.10. The first-order chi connectivity index (χ1) is 11.7. The molecule has 1 aliphatic heterocycles. The summed E-state index contributed by atoms with van der Waals surface area (Å²) < 4.78 is 7.23. The Morgan fingerprint density at radius 1 is 1.33 bits per heavy atom. The van der Waals surface area contributed by atoms with E-state index in [2.05, 4.69) is 15.4 Å². The van der Waals surface area contributed by atoms with Gasteiger partial charge in [-0.3, -0.25) is 4.79 Å². The maximum atomic E-state index is 12.2. The summed E-state index contributed by atoms with van der Waals surface area (Å²) in [5.74, 6) is -0.109. The van der Waals surface area contributed by atoms with E-state index >= 15 is 0 Å². The normalized spacial score (nSPS) is 17.3. The van der Waals surface area contributed by atoms with E-state index in [9.17, 15) is 4.79 Å². The zero-order valence-electron chi connectivity index (χ0n) is 13.4. The fourth-order valence-corrected chi connectivity index (χ4v) is 2.97. The van der Waals surface area contributed by atoms with Gasteiger partial charge in [-0.1, -0.05) is 18.2 Å². The van der Waals surface area contributed by atoms with E-state index in [1.807, 2.05) is 48.0 Å². The Kier molecular flexibility index (Phi) is 3.74. The lowest BCUT2D eigenvalue weighted by atomic mass is 10.2. The second-order valence-corrected chi connectivity index (χ2v) is 5.92. The molecule has 24 heavy (non-hydrogen) atoms. The van der Waals surface area contributed by atoms with Crippen molar-refractivity contribution >= 4 is 22.6 Å². The fourth-order valence-electron chi connectivity index (χ4n) is 2.97. The Hall–Kier alpha value is -2.73. The van der Waals surface area contributed by atoms with E-state index in [0.717, 1.165) is 35.3 Å². The number of nitrogens with one attached hydrogen (secondary N) is 1. The number of carbonyl (C=O) groups is 1. The van der Waals surface area contributed by atoms with Gasteiger partial charge in [0.15, 0.2) is 5.65 Å². The third-order valence-corrected chi connectivity index (χ3v) is 4.20. The van der Waals surface area contributed by atoms with Crippen LogP contribution in [0.2, 0.25) is 0 Å². The number of hydrogen-bond donors (Lipinski definition) is 1. The molecule has 1 amide bonds. The number of hydrogen-bond acceptors (Lipinski definition) is 4. The van der Waals surface area contributed by atoms with Crippen molar-refractivity contribution in [2.45, 2.75) is 25.9 Å². The third kappa shape index (κ3) is 2.65. The molecule has 1 saturated heterocycles. The van der Waals surface area contributed by atoms with E-state index in [0.29, 0.717) is 12.3 Å². The molecule has 1 N–H and O–H groups in total. The van der Waals surface area contributed by atoms with Crippen LogP contribution in [0.4, 0.5) is 5.69 Å². The molecule has 1 aromatic carbocycles. The minimum atomic E-state index is -0.353. The van der Waals surface area contributed by atoms with E-state index in [-0.39, 0.29) is 12.0 Å². The minimum Gasteiger partial charge on any atom is -0.368 e. The topological polar surface area (TPSA) is 69.0 Å². The van der Waals surface area contributed by atoms with Gasteiger partial charge in [-0.25, -0.2) is 9.67 Å². The van der Waals surface area contributed by atoms with Gasteiger partial charge < -0.3 is 10.1 Å². The molecular weight excluding hydrogens is 304 g/mol. The summed E-state index contributed by atoms with van der Waals surface area (Å²) in [7, 11) is 0. The monoisotopic (exact) mass is 322 g/mol. The highest BCUT2D eigenvalue weighted by Gasteiger charge is 2.23. The predicted octanol–water partition coefficient (Wildman–Crippen LogP) is 2.85. The SMILES string of the molecule is Cc1nn(-c2ccccc2)c2ncc(NC(=O)C3CCCO3)cc12. The number of nitrogens with zero attached hydrogens (tertiary/aromatic N) is 3. The first-order valence-corrected chi connectivity index (χ1v) is 8.05. The quantitative estimate of drug-likeness (QED) is 0.805. The van der Waals surface area contributed by atoms with Crippen molar-refractivity contribution in [3.63, 3.8) is 0 Å². The van der Waals surface area contributed by atoms with Crippen molar-refractivity contribution < 1.29 is 9.53 Å². The summed E-state index contributed by atoms with van der Waals surface area (Å²) in [4.78, 5) is 16.7. The standard InChI is InChI=1S/C18H18N4O2/c1-12-15-10-13(20-18(23)16-8-5-9-24-16)11-19-17(15)22(21-12)14-6-3-2-4-7-14/h2-4,6-7,10-11,16H,5,8-9H2,1H3,(H,20,23). The van der Waals surface area contributed by atoms with E-state index in [4.69, 9.17) is 4.74 Å². The first-order valence-electron chi connectivity index (χ1n) is 8.05. The molecule has 6 heteroatoms. The number of aromatic nitrogens is 3. The van der Waals surface area contributed by atoms with E-state index < -0.39 is 0 Å². The highest BCUT2D eigenvalue weighted by Crippen LogP contribution is 2.23. The Labute approximate surface area is 139 Å². The second kappa shape index (κ2) is 6.05. The highest BCUT2D eigenvalue weighted by molar-refractivity contribution is 5.96. The van der Waals surface area contributed by atoms with Crippen molar-refractivity contribution in [2.75, 3.05) is 11.9 Å². The molecule has 1 unspecified atom stereocenters. The van der Waals surface area contributed by atoms with Crippen LogP contribution in [0.1, 0.15) is 18.5 Å². The number of rotatable bonds is 3. The van der Waals surface area contributed by atoms with Gasteiger partial charge in [-0.05, 0) is 38.0 Å². The molecule has 1 fully saturated rings. The van der Waals surface area contributed by atoms with Crippen LogP contribution < -0.4 is 5.32 Å². The van der Waals surface area contributed by atoms with Crippen LogP contribution >= 0.6 is 0 Å². The summed E-state index contributed by atoms with van der Waals surface area (Å²) in [5, 5.41) is 8.38. The number of anilines is 1. The first kappa shape index (κ1) is 14.8. The zero-order valence-corrected chi connectivity index (χ0v) is 13.4. The number of aryl methyl sites for hydroxylation is 1. The van der Waals surface area contributed by atoms with Gasteiger partial charge in [-0.2, -0.15) is 5.10 Å². The molecule has 1 aliphatic rings. The molecule has 3 aromatic rings. The number of para-hydroxylation sites is 1. The van der Waals surface area contributed by atoms with Crippen LogP contribution in [0.3, 0.4) is 0 Å². The lowest BCUT2D eigenvalue weighted by Crippen LogP contribution is -2.26. The fraction of sp³-hybridized carbons (Fsp3) is 0.278. The molecule has 0 spiro atoms. The Balaban J connectivity index is 1.66. The maximum Gasteiger partial charge on any atom is 0.253 e. The number of amides is 1. The summed E-state index contributed by atoms with van der Waals surface area (Å²) in [6.45, 7) is 2.59. The van der Waals surface area contributed by atoms with Crippen molar-refractivity contribution in [1.82, 2.24) is 14.8 Å².